The number of carbonyl (C=O) groups is 1. The van der Waals surface area contributed by atoms with Gasteiger partial charge in [0.1, 0.15) is 4.90 Å². The Labute approximate surface area is 124 Å². The van der Waals surface area contributed by atoms with Gasteiger partial charge < -0.3 is 5.11 Å². The van der Waals surface area contributed by atoms with Gasteiger partial charge >= 0.3 is 5.97 Å². The Balaban J connectivity index is 2.28. The summed E-state index contributed by atoms with van der Waals surface area (Å²) in [6.07, 6.45) is 2.59. The fraction of sp³-hybridized carbons (Fsp3) is 0.692. The lowest BCUT2D eigenvalue weighted by Crippen LogP contribution is -2.50. The Morgan fingerprint density at radius 1 is 1.43 bits per heavy atom. The van der Waals surface area contributed by atoms with Gasteiger partial charge in [-0.2, -0.15) is 5.10 Å². The minimum Gasteiger partial charge on any atom is -0.481 e. The lowest BCUT2D eigenvalue weighted by molar-refractivity contribution is -0.137. The van der Waals surface area contributed by atoms with E-state index in [0.717, 1.165) is 19.3 Å². The molecule has 1 saturated carbocycles. The topological polar surface area (TPSA) is 101 Å². The molecule has 0 unspecified atom stereocenters. The first kappa shape index (κ1) is 16.0. The van der Waals surface area contributed by atoms with Crippen LogP contribution in [0.2, 0.25) is 0 Å². The van der Waals surface area contributed by atoms with E-state index in [1.54, 1.807) is 13.8 Å². The van der Waals surface area contributed by atoms with Gasteiger partial charge in [0, 0.05) is 5.54 Å². The molecule has 1 heterocycles. The Morgan fingerprint density at radius 3 is 2.52 bits per heavy atom. The Bertz CT molecular complexity index is 659. The van der Waals surface area contributed by atoms with Crippen molar-refractivity contribution in [1.82, 2.24) is 14.5 Å². The monoisotopic (exact) mass is 315 g/mol. The van der Waals surface area contributed by atoms with Crippen LogP contribution in [-0.4, -0.2) is 34.8 Å². The average molecular weight is 315 g/mol. The maximum absolute atomic E-state index is 12.6. The molecule has 0 saturated heterocycles. The molecule has 1 aliphatic rings. The highest BCUT2D eigenvalue weighted by Crippen LogP contribution is 2.33. The zero-order valence-electron chi connectivity index (χ0n) is 12.5. The van der Waals surface area contributed by atoms with Crippen LogP contribution < -0.4 is 4.72 Å². The van der Waals surface area contributed by atoms with Crippen LogP contribution in [-0.2, 0) is 21.4 Å². The van der Waals surface area contributed by atoms with Crippen LogP contribution in [0.1, 0.15) is 44.0 Å². The minimum atomic E-state index is -3.64. The molecule has 0 atom stereocenters. The molecule has 7 nitrogen and oxygen atoms in total. The van der Waals surface area contributed by atoms with Crippen molar-refractivity contribution in [2.45, 2.75) is 63.4 Å². The number of nitrogens with zero attached hydrogens (tertiary/aromatic N) is 2. The zero-order valence-corrected chi connectivity index (χ0v) is 13.3. The number of aromatic nitrogens is 2. The van der Waals surface area contributed by atoms with Crippen LogP contribution in [0.4, 0.5) is 0 Å². The van der Waals surface area contributed by atoms with Gasteiger partial charge in [-0.05, 0) is 40.0 Å². The quantitative estimate of drug-likeness (QED) is 0.821. The molecule has 0 radical (unpaired) electrons. The lowest BCUT2D eigenvalue weighted by Gasteiger charge is -2.38. The molecule has 1 aromatic rings. The standard InChI is InChI=1S/C13H21N3O4S/c1-9-12(10(2)16(14-9)8-5-11(17)18)21(19,20)15-13(3)6-4-7-13/h15H,4-8H2,1-3H3,(H,17,18). The van der Waals surface area contributed by atoms with Crippen LogP contribution in [0.3, 0.4) is 0 Å². The summed E-state index contributed by atoms with van der Waals surface area (Å²) < 4.78 is 29.3. The van der Waals surface area contributed by atoms with E-state index in [1.165, 1.54) is 4.68 Å². The molecule has 0 aromatic carbocycles. The fourth-order valence-electron chi connectivity index (χ4n) is 2.67. The molecule has 2 N–H and O–H groups in total. The minimum absolute atomic E-state index is 0.0907. The van der Waals surface area contributed by atoms with Crippen molar-refractivity contribution in [2.75, 3.05) is 0 Å². The summed E-state index contributed by atoms with van der Waals surface area (Å²) in [5.41, 5.74) is 0.499. The van der Waals surface area contributed by atoms with Crippen molar-refractivity contribution in [3.63, 3.8) is 0 Å². The first-order valence-electron chi connectivity index (χ1n) is 6.94. The summed E-state index contributed by atoms with van der Waals surface area (Å²) in [5.74, 6) is -0.938. The molecule has 1 aromatic heterocycles. The second-order valence-electron chi connectivity index (χ2n) is 5.89. The third-order valence-electron chi connectivity index (χ3n) is 3.96. The van der Waals surface area contributed by atoms with Crippen LogP contribution in [0.5, 0.6) is 0 Å². The SMILES string of the molecule is Cc1nn(CCC(=O)O)c(C)c1S(=O)(=O)NC1(C)CCC1. The number of aliphatic carboxylic acids is 1. The van der Waals surface area contributed by atoms with E-state index in [1.807, 2.05) is 6.92 Å². The molecular formula is C13H21N3O4S. The lowest BCUT2D eigenvalue weighted by atomic mass is 9.80. The van der Waals surface area contributed by atoms with Crippen molar-refractivity contribution in [1.29, 1.82) is 0 Å². The van der Waals surface area contributed by atoms with Crippen LogP contribution >= 0.6 is 0 Å². The molecule has 0 spiro atoms. The van der Waals surface area contributed by atoms with E-state index in [2.05, 4.69) is 9.82 Å². The smallest absolute Gasteiger partial charge is 0.305 e. The highest BCUT2D eigenvalue weighted by atomic mass is 32.2. The van der Waals surface area contributed by atoms with Gasteiger partial charge in [-0.15, -0.1) is 0 Å². The largest absolute Gasteiger partial charge is 0.481 e. The van der Waals surface area contributed by atoms with E-state index in [9.17, 15) is 13.2 Å². The number of nitrogens with one attached hydrogen (secondary N) is 1. The number of hydrogen-bond donors (Lipinski definition) is 2. The van der Waals surface area contributed by atoms with Crippen molar-refractivity contribution >= 4 is 16.0 Å². The molecule has 1 aliphatic carbocycles. The number of rotatable bonds is 6. The van der Waals surface area contributed by atoms with Gasteiger partial charge in [-0.25, -0.2) is 13.1 Å². The molecule has 118 valence electrons. The van der Waals surface area contributed by atoms with E-state index >= 15 is 0 Å². The van der Waals surface area contributed by atoms with Crippen LogP contribution in [0.15, 0.2) is 4.90 Å². The second-order valence-corrected chi connectivity index (χ2v) is 7.51. The number of hydrogen-bond acceptors (Lipinski definition) is 4. The summed E-state index contributed by atoms with van der Waals surface area (Å²) in [6.45, 7) is 5.34. The summed E-state index contributed by atoms with van der Waals surface area (Å²) in [5, 5.41) is 12.9. The van der Waals surface area contributed by atoms with Gasteiger partial charge in [0.05, 0.1) is 24.4 Å². The maximum Gasteiger partial charge on any atom is 0.305 e. The number of carboxylic acids is 1. The van der Waals surface area contributed by atoms with Crippen molar-refractivity contribution < 1.29 is 18.3 Å². The van der Waals surface area contributed by atoms with Crippen molar-refractivity contribution in [3.8, 4) is 0 Å². The number of carboxylic acid groups (broad SMARTS) is 1. The summed E-state index contributed by atoms with van der Waals surface area (Å²) in [7, 11) is -3.64. The maximum atomic E-state index is 12.6. The van der Waals surface area contributed by atoms with E-state index < -0.39 is 16.0 Å². The number of aryl methyl sites for hydroxylation is 2. The number of sulfonamides is 1. The highest BCUT2D eigenvalue weighted by Gasteiger charge is 2.38. The molecule has 0 amide bonds. The molecule has 0 bridgehead atoms. The predicted octanol–water partition coefficient (Wildman–Crippen LogP) is 1.20. The molecule has 8 heteroatoms. The molecular weight excluding hydrogens is 294 g/mol. The highest BCUT2D eigenvalue weighted by molar-refractivity contribution is 7.89. The molecule has 0 aliphatic heterocycles. The Kier molecular flexibility index (Phi) is 4.12. The molecule has 1 fully saturated rings. The average Bonchev–Trinajstić information content (AvgIpc) is 2.59. The summed E-state index contributed by atoms with van der Waals surface area (Å²) in [6, 6.07) is 0. The first-order valence-corrected chi connectivity index (χ1v) is 8.43. The van der Waals surface area contributed by atoms with Gasteiger partial charge in [-0.1, -0.05) is 0 Å². The molecule has 2 rings (SSSR count). The van der Waals surface area contributed by atoms with Gasteiger partial charge in [0.25, 0.3) is 0 Å². The molecule has 21 heavy (non-hydrogen) atoms. The first-order chi connectivity index (χ1) is 9.65. The van der Waals surface area contributed by atoms with Crippen molar-refractivity contribution in [3.05, 3.63) is 11.4 Å². The van der Waals surface area contributed by atoms with E-state index in [0.29, 0.717) is 11.4 Å². The van der Waals surface area contributed by atoms with Crippen LogP contribution in [0.25, 0.3) is 0 Å². The van der Waals surface area contributed by atoms with Crippen molar-refractivity contribution in [2.24, 2.45) is 0 Å². The Morgan fingerprint density at radius 2 is 2.05 bits per heavy atom. The van der Waals surface area contributed by atoms with Gasteiger partial charge in [0.2, 0.25) is 10.0 Å². The van der Waals surface area contributed by atoms with Crippen LogP contribution in [0, 0.1) is 13.8 Å². The van der Waals surface area contributed by atoms with Gasteiger partial charge in [0.15, 0.2) is 0 Å². The van der Waals surface area contributed by atoms with E-state index in [4.69, 9.17) is 5.11 Å². The van der Waals surface area contributed by atoms with E-state index in [-0.39, 0.29) is 23.4 Å². The fourth-order valence-corrected chi connectivity index (χ4v) is 4.55. The zero-order chi connectivity index (χ0) is 15.8. The third-order valence-corrected chi connectivity index (χ3v) is 5.85. The summed E-state index contributed by atoms with van der Waals surface area (Å²) in [4.78, 5) is 10.8. The predicted molar refractivity (Wildman–Crippen MR) is 76.5 cm³/mol. The second kappa shape index (κ2) is 5.42. The normalized spacial score (nSPS) is 17.5. The third kappa shape index (κ3) is 3.26. The Hall–Kier alpha value is -1.41. The summed E-state index contributed by atoms with van der Waals surface area (Å²) >= 11 is 0. The van der Waals surface area contributed by atoms with Gasteiger partial charge in [-0.3, -0.25) is 9.48 Å².